The lowest BCUT2D eigenvalue weighted by molar-refractivity contribution is 1.40. The first-order chi connectivity index (χ1) is 6.79. The molecular formula is C12H11NS. The second-order valence-electron chi connectivity index (χ2n) is 3.18. The molecule has 2 aromatic rings. The van der Waals surface area contributed by atoms with E-state index in [9.17, 15) is 0 Å². The Balaban J connectivity index is 2.52. The molecule has 2 heteroatoms. The molecule has 0 bridgehead atoms. The van der Waals surface area contributed by atoms with E-state index in [1.807, 2.05) is 30.6 Å². The Labute approximate surface area is 87.8 Å². The van der Waals surface area contributed by atoms with E-state index >= 15 is 0 Å². The number of benzene rings is 1. The van der Waals surface area contributed by atoms with Crippen LogP contribution >= 0.6 is 11.3 Å². The Kier molecular flexibility index (Phi) is 2.46. The molecule has 0 aliphatic heterocycles. The number of allylic oxidation sites excluding steroid dienone is 1. The lowest BCUT2D eigenvalue weighted by Gasteiger charge is -2.00. The minimum absolute atomic E-state index is 1.04. The topological polar surface area (TPSA) is 12.9 Å². The average Bonchev–Trinajstić information content (AvgIpc) is 2.67. The van der Waals surface area contributed by atoms with Crippen molar-refractivity contribution in [2.24, 2.45) is 0 Å². The molecule has 0 atom stereocenters. The molecule has 70 valence electrons. The zero-order chi connectivity index (χ0) is 9.97. The van der Waals surface area contributed by atoms with Crippen LogP contribution in [0.15, 0.2) is 42.4 Å². The molecule has 2 rings (SSSR count). The third kappa shape index (κ3) is 1.61. The molecule has 0 fully saturated rings. The fraction of sp³-hybridized carbons (Fsp3) is 0.0833. The molecule has 0 saturated carbocycles. The van der Waals surface area contributed by atoms with Crippen LogP contribution in [0.4, 0.5) is 0 Å². The first-order valence-corrected chi connectivity index (χ1v) is 5.32. The van der Waals surface area contributed by atoms with Gasteiger partial charge in [0.1, 0.15) is 0 Å². The van der Waals surface area contributed by atoms with Gasteiger partial charge < -0.3 is 0 Å². The van der Waals surface area contributed by atoms with Gasteiger partial charge in [0.2, 0.25) is 0 Å². The molecule has 1 heterocycles. The molecular weight excluding hydrogens is 190 g/mol. The summed E-state index contributed by atoms with van der Waals surface area (Å²) in [6.45, 7) is 5.97. The Bertz CT molecular complexity index is 442. The minimum Gasteiger partial charge on any atom is -0.244 e. The van der Waals surface area contributed by atoms with Gasteiger partial charge in [-0.05, 0) is 12.5 Å². The van der Waals surface area contributed by atoms with Crippen LogP contribution in [0.3, 0.4) is 0 Å². The van der Waals surface area contributed by atoms with Crippen molar-refractivity contribution >= 4 is 16.9 Å². The number of aromatic nitrogens is 1. The molecule has 0 saturated heterocycles. The van der Waals surface area contributed by atoms with Crippen molar-refractivity contribution < 1.29 is 0 Å². The molecule has 14 heavy (non-hydrogen) atoms. The predicted octanol–water partition coefficient (Wildman–Crippen LogP) is 3.84. The highest BCUT2D eigenvalue weighted by atomic mass is 32.1. The zero-order valence-corrected chi connectivity index (χ0v) is 8.84. The number of rotatable bonds is 2. The Morgan fingerprint density at radius 1 is 1.29 bits per heavy atom. The van der Waals surface area contributed by atoms with Gasteiger partial charge in [0.05, 0.1) is 16.1 Å². The Morgan fingerprint density at radius 3 is 2.64 bits per heavy atom. The van der Waals surface area contributed by atoms with E-state index in [2.05, 4.69) is 23.7 Å². The fourth-order valence-corrected chi connectivity index (χ4v) is 2.10. The molecule has 0 unspecified atom stereocenters. The van der Waals surface area contributed by atoms with Crippen molar-refractivity contribution in [3.63, 3.8) is 0 Å². The second-order valence-corrected chi connectivity index (χ2v) is 4.03. The molecule has 0 spiro atoms. The summed E-state index contributed by atoms with van der Waals surface area (Å²) in [6, 6.07) is 10.2. The van der Waals surface area contributed by atoms with Crippen LogP contribution in [0.5, 0.6) is 0 Å². The lowest BCUT2D eigenvalue weighted by atomic mass is 10.1. The van der Waals surface area contributed by atoms with E-state index in [-0.39, 0.29) is 0 Å². The number of hydrogen-bond acceptors (Lipinski definition) is 2. The van der Waals surface area contributed by atoms with E-state index in [1.54, 1.807) is 11.3 Å². The van der Waals surface area contributed by atoms with Gasteiger partial charge in [-0.25, -0.2) is 4.98 Å². The van der Waals surface area contributed by atoms with Crippen LogP contribution < -0.4 is 0 Å². The maximum absolute atomic E-state index is 4.37. The monoisotopic (exact) mass is 201 g/mol. The Hall–Kier alpha value is -1.41. The first kappa shape index (κ1) is 9.16. The van der Waals surface area contributed by atoms with Crippen LogP contribution in [-0.2, 0) is 0 Å². The highest BCUT2D eigenvalue weighted by molar-refractivity contribution is 7.11. The molecule has 0 N–H and O–H groups in total. The summed E-state index contributed by atoms with van der Waals surface area (Å²) in [5.41, 5.74) is 5.15. The normalized spacial score (nSPS) is 10.1. The van der Waals surface area contributed by atoms with Gasteiger partial charge in [0.15, 0.2) is 0 Å². The lowest BCUT2D eigenvalue weighted by Crippen LogP contribution is -1.81. The Morgan fingerprint density at radius 2 is 2.00 bits per heavy atom. The minimum atomic E-state index is 1.04. The number of hydrogen-bond donors (Lipinski definition) is 0. The van der Waals surface area contributed by atoms with Crippen molar-refractivity contribution in [1.82, 2.24) is 4.98 Å². The third-order valence-electron chi connectivity index (χ3n) is 2.00. The summed E-state index contributed by atoms with van der Waals surface area (Å²) in [5.74, 6) is 0. The van der Waals surface area contributed by atoms with Gasteiger partial charge in [0, 0.05) is 5.56 Å². The summed E-state index contributed by atoms with van der Waals surface area (Å²) in [7, 11) is 0. The van der Waals surface area contributed by atoms with Crippen molar-refractivity contribution in [3.05, 3.63) is 47.3 Å². The van der Waals surface area contributed by atoms with Crippen LogP contribution in [0.1, 0.15) is 11.8 Å². The molecule has 1 aromatic carbocycles. The SMILES string of the molecule is C=C(C)c1scnc1-c1ccccc1. The first-order valence-electron chi connectivity index (χ1n) is 4.44. The quantitative estimate of drug-likeness (QED) is 0.719. The molecule has 0 aliphatic carbocycles. The van der Waals surface area contributed by atoms with Crippen molar-refractivity contribution in [3.8, 4) is 11.3 Å². The van der Waals surface area contributed by atoms with Crippen molar-refractivity contribution in [1.29, 1.82) is 0 Å². The van der Waals surface area contributed by atoms with Crippen LogP contribution in [0.2, 0.25) is 0 Å². The highest BCUT2D eigenvalue weighted by Gasteiger charge is 2.07. The van der Waals surface area contributed by atoms with Gasteiger partial charge in [-0.3, -0.25) is 0 Å². The summed E-state index contributed by atoms with van der Waals surface area (Å²) in [6.07, 6.45) is 0. The van der Waals surface area contributed by atoms with E-state index in [0.29, 0.717) is 0 Å². The second kappa shape index (κ2) is 3.76. The van der Waals surface area contributed by atoms with Crippen LogP contribution in [0.25, 0.3) is 16.8 Å². The predicted molar refractivity (Wildman–Crippen MR) is 62.3 cm³/mol. The highest BCUT2D eigenvalue weighted by Crippen LogP contribution is 2.29. The standard InChI is InChI=1S/C12H11NS/c1-9(2)12-11(13-8-14-12)10-6-4-3-5-7-10/h3-8H,1H2,2H3. The molecule has 0 radical (unpaired) electrons. The maximum atomic E-state index is 4.37. The van der Waals surface area contributed by atoms with Crippen molar-refractivity contribution in [2.75, 3.05) is 0 Å². The summed E-state index contributed by atoms with van der Waals surface area (Å²) >= 11 is 1.64. The number of nitrogens with zero attached hydrogens (tertiary/aromatic N) is 1. The molecule has 1 aromatic heterocycles. The number of thiazole rings is 1. The van der Waals surface area contributed by atoms with Gasteiger partial charge in [-0.2, -0.15) is 0 Å². The largest absolute Gasteiger partial charge is 0.244 e. The molecule has 0 aliphatic rings. The third-order valence-corrected chi connectivity index (χ3v) is 2.99. The van der Waals surface area contributed by atoms with Crippen LogP contribution in [-0.4, -0.2) is 4.98 Å². The maximum Gasteiger partial charge on any atom is 0.0886 e. The fourth-order valence-electron chi connectivity index (χ4n) is 1.35. The summed E-state index contributed by atoms with van der Waals surface area (Å²) in [4.78, 5) is 5.54. The summed E-state index contributed by atoms with van der Waals surface area (Å²) in [5, 5.41) is 0. The van der Waals surface area contributed by atoms with E-state index in [4.69, 9.17) is 0 Å². The van der Waals surface area contributed by atoms with Crippen LogP contribution in [0, 0.1) is 0 Å². The average molecular weight is 201 g/mol. The van der Waals surface area contributed by atoms with Crippen molar-refractivity contribution in [2.45, 2.75) is 6.92 Å². The van der Waals surface area contributed by atoms with Gasteiger partial charge in [-0.15, -0.1) is 11.3 Å². The van der Waals surface area contributed by atoms with Gasteiger partial charge in [-0.1, -0.05) is 36.9 Å². The van der Waals surface area contributed by atoms with E-state index in [1.165, 1.54) is 4.88 Å². The van der Waals surface area contributed by atoms with Gasteiger partial charge >= 0.3 is 0 Å². The summed E-state index contributed by atoms with van der Waals surface area (Å²) < 4.78 is 0. The zero-order valence-electron chi connectivity index (χ0n) is 8.03. The molecule has 1 nitrogen and oxygen atoms in total. The molecule has 0 amide bonds. The smallest absolute Gasteiger partial charge is 0.0886 e. The van der Waals surface area contributed by atoms with Gasteiger partial charge in [0.25, 0.3) is 0 Å². The van der Waals surface area contributed by atoms with E-state index < -0.39 is 0 Å². The van der Waals surface area contributed by atoms with E-state index in [0.717, 1.165) is 16.8 Å².